The predicted octanol–water partition coefficient (Wildman–Crippen LogP) is 4.66. The van der Waals surface area contributed by atoms with E-state index in [9.17, 15) is 4.39 Å². The van der Waals surface area contributed by atoms with Gasteiger partial charge in [0.25, 0.3) is 0 Å². The molecule has 2 aromatic rings. The van der Waals surface area contributed by atoms with Crippen LogP contribution in [0.2, 0.25) is 5.02 Å². The summed E-state index contributed by atoms with van der Waals surface area (Å²) in [5.41, 5.74) is 7.89. The first-order chi connectivity index (χ1) is 7.99. The molecule has 0 radical (unpaired) electrons. The molecule has 90 valence electrons. The summed E-state index contributed by atoms with van der Waals surface area (Å²) >= 11 is 10.8. The van der Waals surface area contributed by atoms with Gasteiger partial charge in [0.2, 0.25) is 0 Å². The van der Waals surface area contributed by atoms with Gasteiger partial charge in [0.05, 0.1) is 14.9 Å². The van der Waals surface area contributed by atoms with E-state index < -0.39 is 0 Å². The number of aryl methyl sites for hydroxylation is 1. The smallest absolute Gasteiger partial charge is 0.123 e. The summed E-state index contributed by atoms with van der Waals surface area (Å²) < 4.78 is 14.1. The second-order valence-electron chi connectivity index (χ2n) is 3.75. The molecule has 0 fully saturated rings. The predicted molar refractivity (Wildman–Crippen MR) is 74.2 cm³/mol. The van der Waals surface area contributed by atoms with Gasteiger partial charge < -0.3 is 5.73 Å². The SMILES string of the molecule is Cc1ccc(F)cc1C(N)c1cc(Cl)c(Br)s1. The monoisotopic (exact) mass is 333 g/mol. The maximum atomic E-state index is 13.2. The Bertz CT molecular complexity index is 536. The molecule has 0 aliphatic rings. The number of nitrogens with two attached hydrogens (primary N) is 1. The summed E-state index contributed by atoms with van der Waals surface area (Å²) in [5.74, 6) is -0.275. The van der Waals surface area contributed by atoms with Crippen LogP contribution in [-0.4, -0.2) is 0 Å². The lowest BCUT2D eigenvalue weighted by Crippen LogP contribution is -2.12. The van der Waals surface area contributed by atoms with Gasteiger partial charge in [-0.1, -0.05) is 17.7 Å². The Labute approximate surface area is 117 Å². The van der Waals surface area contributed by atoms with Crippen LogP contribution >= 0.6 is 38.9 Å². The van der Waals surface area contributed by atoms with Crippen LogP contribution in [-0.2, 0) is 0 Å². The maximum absolute atomic E-state index is 13.2. The topological polar surface area (TPSA) is 26.0 Å². The van der Waals surface area contributed by atoms with Crippen molar-refractivity contribution in [3.8, 4) is 0 Å². The Hall–Kier alpha value is -0.420. The molecule has 0 saturated carbocycles. The number of hydrogen-bond acceptors (Lipinski definition) is 2. The molecule has 5 heteroatoms. The highest BCUT2D eigenvalue weighted by Crippen LogP contribution is 2.37. The van der Waals surface area contributed by atoms with Crippen molar-refractivity contribution >= 4 is 38.9 Å². The van der Waals surface area contributed by atoms with Crippen LogP contribution in [0.1, 0.15) is 22.0 Å². The Morgan fingerprint density at radius 3 is 2.71 bits per heavy atom. The first kappa shape index (κ1) is 13.0. The standard InChI is InChI=1S/C12H10BrClFNS/c1-6-2-3-7(15)4-8(6)11(16)10-5-9(14)12(13)17-10/h2-5,11H,16H2,1H3. The third-order valence-corrected chi connectivity index (χ3v) is 5.10. The van der Waals surface area contributed by atoms with Gasteiger partial charge in [0.1, 0.15) is 5.82 Å². The summed E-state index contributed by atoms with van der Waals surface area (Å²) in [6.45, 7) is 1.92. The number of thiophene rings is 1. The van der Waals surface area contributed by atoms with Gasteiger partial charge in [-0.3, -0.25) is 0 Å². The first-order valence-corrected chi connectivity index (χ1v) is 6.94. The molecule has 2 N–H and O–H groups in total. The van der Waals surface area contributed by atoms with Crippen molar-refractivity contribution in [1.29, 1.82) is 0 Å². The fourth-order valence-corrected chi connectivity index (χ4v) is 3.38. The zero-order chi connectivity index (χ0) is 12.6. The van der Waals surface area contributed by atoms with E-state index in [1.807, 2.05) is 13.0 Å². The zero-order valence-electron chi connectivity index (χ0n) is 9.01. The summed E-state index contributed by atoms with van der Waals surface area (Å²) in [5, 5.41) is 0.634. The van der Waals surface area contributed by atoms with E-state index in [0.717, 1.165) is 19.8 Å². The normalized spacial score (nSPS) is 12.8. The lowest BCUT2D eigenvalue weighted by Gasteiger charge is -2.13. The van der Waals surface area contributed by atoms with Crippen LogP contribution in [0.5, 0.6) is 0 Å². The van der Waals surface area contributed by atoms with E-state index in [4.69, 9.17) is 17.3 Å². The largest absolute Gasteiger partial charge is 0.320 e. The minimum absolute atomic E-state index is 0.275. The second kappa shape index (κ2) is 5.06. The van der Waals surface area contributed by atoms with E-state index in [2.05, 4.69) is 15.9 Å². The molecule has 2 rings (SSSR count). The average molecular weight is 335 g/mol. The fraction of sp³-hybridized carbons (Fsp3) is 0.167. The number of halogens is 3. The molecule has 1 nitrogen and oxygen atoms in total. The molecule has 0 amide bonds. The third-order valence-electron chi connectivity index (χ3n) is 2.55. The molecule has 1 aromatic carbocycles. The molecule has 0 aliphatic heterocycles. The number of benzene rings is 1. The van der Waals surface area contributed by atoms with E-state index >= 15 is 0 Å². The molecule has 17 heavy (non-hydrogen) atoms. The van der Waals surface area contributed by atoms with Crippen LogP contribution in [0.4, 0.5) is 4.39 Å². The van der Waals surface area contributed by atoms with E-state index in [1.54, 1.807) is 6.07 Å². The molecular formula is C12H10BrClFNS. The average Bonchev–Trinajstić information content (AvgIpc) is 2.62. The molecule has 0 bridgehead atoms. The van der Waals surface area contributed by atoms with E-state index in [1.165, 1.54) is 23.5 Å². The van der Waals surface area contributed by atoms with Crippen LogP contribution in [0, 0.1) is 12.7 Å². The van der Waals surface area contributed by atoms with Crippen molar-refractivity contribution < 1.29 is 4.39 Å². The van der Waals surface area contributed by atoms with Crippen molar-refractivity contribution in [1.82, 2.24) is 0 Å². The van der Waals surface area contributed by atoms with Crippen molar-refractivity contribution in [2.45, 2.75) is 13.0 Å². The van der Waals surface area contributed by atoms with Gasteiger partial charge in [-0.25, -0.2) is 4.39 Å². The van der Waals surface area contributed by atoms with Crippen LogP contribution < -0.4 is 5.73 Å². The Kier molecular flexibility index (Phi) is 3.88. The molecule has 1 aromatic heterocycles. The van der Waals surface area contributed by atoms with Crippen LogP contribution in [0.3, 0.4) is 0 Å². The van der Waals surface area contributed by atoms with Gasteiger partial charge >= 0.3 is 0 Å². The van der Waals surface area contributed by atoms with E-state index in [-0.39, 0.29) is 11.9 Å². The lowest BCUT2D eigenvalue weighted by molar-refractivity contribution is 0.623. The molecule has 0 aliphatic carbocycles. The highest BCUT2D eigenvalue weighted by molar-refractivity contribution is 9.11. The highest BCUT2D eigenvalue weighted by atomic mass is 79.9. The Balaban J connectivity index is 2.42. The van der Waals surface area contributed by atoms with Crippen LogP contribution in [0.15, 0.2) is 28.1 Å². The van der Waals surface area contributed by atoms with Crippen molar-refractivity contribution in [3.05, 3.63) is 54.9 Å². The molecule has 1 unspecified atom stereocenters. The van der Waals surface area contributed by atoms with E-state index in [0.29, 0.717) is 5.02 Å². The Morgan fingerprint density at radius 1 is 1.41 bits per heavy atom. The molecule has 0 spiro atoms. The maximum Gasteiger partial charge on any atom is 0.123 e. The summed E-state index contributed by atoms with van der Waals surface area (Å²) in [4.78, 5) is 0.913. The van der Waals surface area contributed by atoms with Crippen molar-refractivity contribution in [2.24, 2.45) is 5.73 Å². The molecule has 1 atom stereocenters. The second-order valence-corrected chi connectivity index (χ2v) is 6.56. The summed E-state index contributed by atoms with van der Waals surface area (Å²) in [6, 6.07) is 6.10. The molecular weight excluding hydrogens is 325 g/mol. The van der Waals surface area contributed by atoms with Gasteiger partial charge in [-0.2, -0.15) is 0 Å². The molecule has 1 heterocycles. The highest BCUT2D eigenvalue weighted by Gasteiger charge is 2.16. The Morgan fingerprint density at radius 2 is 2.12 bits per heavy atom. The van der Waals surface area contributed by atoms with Gasteiger partial charge in [0.15, 0.2) is 0 Å². The molecule has 0 saturated heterocycles. The number of hydrogen-bond donors (Lipinski definition) is 1. The summed E-state index contributed by atoms with van der Waals surface area (Å²) in [7, 11) is 0. The van der Waals surface area contributed by atoms with Crippen LogP contribution in [0.25, 0.3) is 0 Å². The fourth-order valence-electron chi connectivity index (χ4n) is 1.62. The minimum atomic E-state index is -0.348. The minimum Gasteiger partial charge on any atom is -0.320 e. The third kappa shape index (κ3) is 2.71. The first-order valence-electron chi connectivity index (χ1n) is 4.95. The van der Waals surface area contributed by atoms with Gasteiger partial charge in [-0.15, -0.1) is 11.3 Å². The number of rotatable bonds is 2. The quantitative estimate of drug-likeness (QED) is 0.849. The van der Waals surface area contributed by atoms with Crippen molar-refractivity contribution in [3.63, 3.8) is 0 Å². The zero-order valence-corrected chi connectivity index (χ0v) is 12.2. The van der Waals surface area contributed by atoms with Gasteiger partial charge in [0, 0.05) is 4.88 Å². The lowest BCUT2D eigenvalue weighted by atomic mass is 10.0. The summed E-state index contributed by atoms with van der Waals surface area (Å²) in [6.07, 6.45) is 0. The van der Waals surface area contributed by atoms with Crippen molar-refractivity contribution in [2.75, 3.05) is 0 Å². The van der Waals surface area contributed by atoms with Gasteiger partial charge in [-0.05, 0) is 52.2 Å².